The van der Waals surface area contributed by atoms with Crippen LogP contribution in [0.3, 0.4) is 0 Å². The predicted octanol–water partition coefficient (Wildman–Crippen LogP) is 1.77. The number of benzene rings is 1. The Morgan fingerprint density at radius 3 is 2.70 bits per heavy atom. The first-order chi connectivity index (χ1) is 11.2. The van der Waals surface area contributed by atoms with Gasteiger partial charge < -0.3 is 14.7 Å². The monoisotopic (exact) mass is 313 g/mol. The van der Waals surface area contributed by atoms with E-state index >= 15 is 0 Å². The minimum Gasteiger partial charge on any atom is -0.508 e. The van der Waals surface area contributed by atoms with Gasteiger partial charge in [-0.1, -0.05) is 0 Å². The SMILES string of the molecule is Cc1nc(N/N=C\c2ccc(O)cc2)cc(N2CCOCC2)n1. The summed E-state index contributed by atoms with van der Waals surface area (Å²) >= 11 is 0. The smallest absolute Gasteiger partial charge is 0.152 e. The fourth-order valence-electron chi connectivity index (χ4n) is 2.30. The van der Waals surface area contributed by atoms with Crippen LogP contribution in [0.15, 0.2) is 35.4 Å². The number of anilines is 2. The molecule has 7 nitrogen and oxygen atoms in total. The number of rotatable bonds is 4. The molecular weight excluding hydrogens is 294 g/mol. The van der Waals surface area contributed by atoms with Crippen LogP contribution in [0.25, 0.3) is 0 Å². The fraction of sp³-hybridized carbons (Fsp3) is 0.312. The predicted molar refractivity (Wildman–Crippen MR) is 89.1 cm³/mol. The lowest BCUT2D eigenvalue weighted by Gasteiger charge is -2.28. The topological polar surface area (TPSA) is 82.9 Å². The van der Waals surface area contributed by atoms with E-state index in [2.05, 4.69) is 25.4 Å². The zero-order chi connectivity index (χ0) is 16.1. The first kappa shape index (κ1) is 15.2. The Morgan fingerprint density at radius 1 is 1.22 bits per heavy atom. The van der Waals surface area contributed by atoms with Gasteiger partial charge in [-0.15, -0.1) is 0 Å². The maximum absolute atomic E-state index is 9.25. The average Bonchev–Trinajstić information content (AvgIpc) is 2.57. The van der Waals surface area contributed by atoms with E-state index in [-0.39, 0.29) is 5.75 Å². The van der Waals surface area contributed by atoms with Crippen LogP contribution in [0.5, 0.6) is 5.75 Å². The van der Waals surface area contributed by atoms with Crippen LogP contribution >= 0.6 is 0 Å². The standard InChI is InChI=1S/C16H19N5O2/c1-12-18-15(10-16(19-12)21-6-8-23-9-7-21)20-17-11-13-2-4-14(22)5-3-13/h2-5,10-11,22H,6-9H2,1H3,(H,18,19,20)/b17-11-. The van der Waals surface area contributed by atoms with Crippen molar-refractivity contribution in [3.63, 3.8) is 0 Å². The molecule has 0 bridgehead atoms. The van der Waals surface area contributed by atoms with Gasteiger partial charge in [0.05, 0.1) is 19.4 Å². The normalized spacial score (nSPS) is 15.1. The van der Waals surface area contributed by atoms with E-state index in [1.807, 2.05) is 13.0 Å². The Balaban J connectivity index is 1.69. The van der Waals surface area contributed by atoms with E-state index in [1.165, 1.54) is 0 Å². The molecule has 0 amide bonds. The third-order valence-electron chi connectivity index (χ3n) is 3.45. The summed E-state index contributed by atoms with van der Waals surface area (Å²) < 4.78 is 5.36. The summed E-state index contributed by atoms with van der Waals surface area (Å²) in [6, 6.07) is 8.68. The van der Waals surface area contributed by atoms with Crippen molar-refractivity contribution in [2.75, 3.05) is 36.6 Å². The highest BCUT2D eigenvalue weighted by Crippen LogP contribution is 2.17. The number of nitrogens with one attached hydrogen (secondary N) is 1. The number of aromatic hydroxyl groups is 1. The zero-order valence-corrected chi connectivity index (χ0v) is 12.9. The number of aryl methyl sites for hydroxylation is 1. The van der Waals surface area contributed by atoms with Crippen LogP contribution in [0.1, 0.15) is 11.4 Å². The summed E-state index contributed by atoms with van der Waals surface area (Å²) in [5.74, 6) is 2.45. The molecule has 0 atom stereocenters. The molecule has 2 heterocycles. The highest BCUT2D eigenvalue weighted by atomic mass is 16.5. The molecule has 0 saturated carbocycles. The van der Waals surface area contributed by atoms with Crippen LogP contribution in [0.2, 0.25) is 0 Å². The zero-order valence-electron chi connectivity index (χ0n) is 12.9. The molecule has 23 heavy (non-hydrogen) atoms. The minimum atomic E-state index is 0.233. The molecule has 2 N–H and O–H groups in total. The molecular formula is C16H19N5O2. The highest BCUT2D eigenvalue weighted by Gasteiger charge is 2.13. The van der Waals surface area contributed by atoms with Crippen LogP contribution in [-0.4, -0.2) is 47.6 Å². The third-order valence-corrected chi connectivity index (χ3v) is 3.45. The summed E-state index contributed by atoms with van der Waals surface area (Å²) in [5.41, 5.74) is 3.81. The molecule has 1 saturated heterocycles. The molecule has 1 aliphatic rings. The van der Waals surface area contributed by atoms with Crippen molar-refractivity contribution in [1.29, 1.82) is 0 Å². The number of aromatic nitrogens is 2. The molecule has 1 fully saturated rings. The molecule has 120 valence electrons. The van der Waals surface area contributed by atoms with Crippen molar-refractivity contribution in [2.24, 2.45) is 5.10 Å². The van der Waals surface area contributed by atoms with Gasteiger partial charge in [-0.3, -0.25) is 5.43 Å². The van der Waals surface area contributed by atoms with Crippen LogP contribution in [-0.2, 0) is 4.74 Å². The third kappa shape index (κ3) is 4.17. The fourth-order valence-corrected chi connectivity index (χ4v) is 2.30. The van der Waals surface area contributed by atoms with Gasteiger partial charge >= 0.3 is 0 Å². The second kappa shape index (κ2) is 7.06. The number of nitrogens with zero attached hydrogens (tertiary/aromatic N) is 4. The summed E-state index contributed by atoms with van der Waals surface area (Å²) in [6.07, 6.45) is 1.67. The van der Waals surface area contributed by atoms with E-state index in [1.54, 1.807) is 30.5 Å². The maximum atomic E-state index is 9.25. The lowest BCUT2D eigenvalue weighted by Crippen LogP contribution is -2.36. The second-order valence-corrected chi connectivity index (χ2v) is 5.22. The summed E-state index contributed by atoms with van der Waals surface area (Å²) in [6.45, 7) is 4.94. The van der Waals surface area contributed by atoms with Crippen LogP contribution in [0, 0.1) is 6.92 Å². The second-order valence-electron chi connectivity index (χ2n) is 5.22. The summed E-state index contributed by atoms with van der Waals surface area (Å²) in [7, 11) is 0. The van der Waals surface area contributed by atoms with Crippen molar-refractivity contribution in [3.8, 4) is 5.75 Å². The van der Waals surface area contributed by atoms with Crippen molar-refractivity contribution in [2.45, 2.75) is 6.92 Å². The number of phenolic OH excluding ortho intramolecular Hbond substituents is 1. The number of hydrogen-bond acceptors (Lipinski definition) is 7. The van der Waals surface area contributed by atoms with E-state index in [0.29, 0.717) is 24.9 Å². The Morgan fingerprint density at radius 2 is 1.96 bits per heavy atom. The number of ether oxygens (including phenoxy) is 1. The van der Waals surface area contributed by atoms with E-state index in [4.69, 9.17) is 4.74 Å². The maximum Gasteiger partial charge on any atom is 0.152 e. The number of hydrogen-bond donors (Lipinski definition) is 2. The van der Waals surface area contributed by atoms with Gasteiger partial charge in [-0.05, 0) is 36.8 Å². The molecule has 1 aromatic carbocycles. The van der Waals surface area contributed by atoms with E-state index in [0.717, 1.165) is 24.5 Å². The highest BCUT2D eigenvalue weighted by molar-refractivity contribution is 5.80. The molecule has 0 aliphatic carbocycles. The Bertz CT molecular complexity index is 681. The van der Waals surface area contributed by atoms with Gasteiger partial charge in [-0.2, -0.15) is 5.10 Å². The van der Waals surface area contributed by atoms with Crippen LogP contribution < -0.4 is 10.3 Å². The summed E-state index contributed by atoms with van der Waals surface area (Å²) in [5, 5.41) is 13.4. The van der Waals surface area contributed by atoms with Gasteiger partial charge in [0.15, 0.2) is 5.82 Å². The molecule has 0 radical (unpaired) electrons. The number of phenols is 1. The van der Waals surface area contributed by atoms with Gasteiger partial charge in [0, 0.05) is 19.2 Å². The molecule has 3 rings (SSSR count). The lowest BCUT2D eigenvalue weighted by molar-refractivity contribution is 0.122. The van der Waals surface area contributed by atoms with Crippen molar-refractivity contribution in [3.05, 3.63) is 41.7 Å². The number of morpholine rings is 1. The van der Waals surface area contributed by atoms with Crippen molar-refractivity contribution >= 4 is 17.9 Å². The summed E-state index contributed by atoms with van der Waals surface area (Å²) in [4.78, 5) is 11.0. The van der Waals surface area contributed by atoms with Gasteiger partial charge in [0.25, 0.3) is 0 Å². The molecule has 7 heteroatoms. The molecule has 1 aliphatic heterocycles. The average molecular weight is 313 g/mol. The molecule has 0 spiro atoms. The first-order valence-electron chi connectivity index (χ1n) is 7.47. The number of hydrazone groups is 1. The van der Waals surface area contributed by atoms with Crippen molar-refractivity contribution < 1.29 is 9.84 Å². The van der Waals surface area contributed by atoms with Gasteiger partial charge in [-0.25, -0.2) is 9.97 Å². The van der Waals surface area contributed by atoms with Crippen molar-refractivity contribution in [1.82, 2.24) is 9.97 Å². The van der Waals surface area contributed by atoms with E-state index < -0.39 is 0 Å². The van der Waals surface area contributed by atoms with Gasteiger partial charge in [0.1, 0.15) is 17.4 Å². The first-order valence-corrected chi connectivity index (χ1v) is 7.47. The Labute approximate surface area is 134 Å². The Kier molecular flexibility index (Phi) is 4.68. The quantitative estimate of drug-likeness (QED) is 0.661. The minimum absolute atomic E-state index is 0.233. The molecule has 2 aromatic rings. The van der Waals surface area contributed by atoms with E-state index in [9.17, 15) is 5.11 Å². The Hall–Kier alpha value is -2.67. The molecule has 0 unspecified atom stereocenters. The molecule has 1 aromatic heterocycles. The largest absolute Gasteiger partial charge is 0.508 e. The lowest BCUT2D eigenvalue weighted by atomic mass is 10.2. The van der Waals surface area contributed by atoms with Gasteiger partial charge in [0.2, 0.25) is 0 Å². The van der Waals surface area contributed by atoms with Crippen LogP contribution in [0.4, 0.5) is 11.6 Å².